The van der Waals surface area contributed by atoms with Crippen LogP contribution >= 0.6 is 0 Å². The maximum atomic E-state index is 5.85. The van der Waals surface area contributed by atoms with Gasteiger partial charge in [0, 0.05) is 18.7 Å². The van der Waals surface area contributed by atoms with E-state index < -0.39 is 0 Å². The number of rotatable bonds is 4. The van der Waals surface area contributed by atoms with Crippen LogP contribution in [0.15, 0.2) is 23.0 Å². The van der Waals surface area contributed by atoms with Crippen LogP contribution in [-0.4, -0.2) is 24.5 Å². The van der Waals surface area contributed by atoms with Crippen molar-refractivity contribution in [3.8, 4) is 0 Å². The standard InChI is InChI=1S/C12H20N2O/c1-2-10-3-5-14(8-10)12(7-13)11-4-6-15-9-11/h4,6,9-10,12H,2-3,5,7-8,13H2,1H3. The Balaban J connectivity index is 2.02. The number of hydrogen-bond donors (Lipinski definition) is 1. The molecule has 0 aliphatic carbocycles. The number of nitrogens with zero attached hydrogens (tertiary/aromatic N) is 1. The third-order valence-corrected chi connectivity index (χ3v) is 3.49. The number of furan rings is 1. The minimum Gasteiger partial charge on any atom is -0.472 e. The normalized spacial score (nSPS) is 24.5. The molecule has 2 N–H and O–H groups in total. The Morgan fingerprint density at radius 2 is 2.53 bits per heavy atom. The summed E-state index contributed by atoms with van der Waals surface area (Å²) in [6.07, 6.45) is 6.13. The van der Waals surface area contributed by atoms with Crippen LogP contribution in [0.2, 0.25) is 0 Å². The van der Waals surface area contributed by atoms with Crippen molar-refractivity contribution in [1.82, 2.24) is 4.90 Å². The molecular formula is C12H20N2O. The molecule has 0 spiro atoms. The van der Waals surface area contributed by atoms with Crippen molar-refractivity contribution < 1.29 is 4.42 Å². The minimum absolute atomic E-state index is 0.347. The summed E-state index contributed by atoms with van der Waals surface area (Å²) in [5, 5.41) is 0. The van der Waals surface area contributed by atoms with Crippen molar-refractivity contribution in [3.05, 3.63) is 24.2 Å². The van der Waals surface area contributed by atoms with Crippen molar-refractivity contribution in [2.75, 3.05) is 19.6 Å². The van der Waals surface area contributed by atoms with Crippen LogP contribution in [0.3, 0.4) is 0 Å². The van der Waals surface area contributed by atoms with Crippen molar-refractivity contribution in [2.45, 2.75) is 25.8 Å². The minimum atomic E-state index is 0.347. The Bertz CT molecular complexity index is 284. The van der Waals surface area contributed by atoms with Gasteiger partial charge in [0.1, 0.15) is 0 Å². The second-order valence-electron chi connectivity index (χ2n) is 4.37. The van der Waals surface area contributed by atoms with Crippen LogP contribution in [0.25, 0.3) is 0 Å². The first-order valence-corrected chi connectivity index (χ1v) is 5.81. The Kier molecular flexibility index (Phi) is 3.44. The lowest BCUT2D eigenvalue weighted by Crippen LogP contribution is -2.31. The molecule has 2 atom stereocenters. The van der Waals surface area contributed by atoms with Crippen molar-refractivity contribution in [2.24, 2.45) is 11.7 Å². The van der Waals surface area contributed by atoms with Gasteiger partial charge < -0.3 is 10.2 Å². The summed E-state index contributed by atoms with van der Waals surface area (Å²) < 4.78 is 5.13. The zero-order chi connectivity index (χ0) is 10.7. The smallest absolute Gasteiger partial charge is 0.0950 e. The molecule has 15 heavy (non-hydrogen) atoms. The number of nitrogens with two attached hydrogens (primary N) is 1. The summed E-state index contributed by atoms with van der Waals surface area (Å²) in [5.41, 5.74) is 7.06. The number of hydrogen-bond acceptors (Lipinski definition) is 3. The summed E-state index contributed by atoms with van der Waals surface area (Å²) in [7, 11) is 0. The predicted molar refractivity (Wildman–Crippen MR) is 60.5 cm³/mol. The molecule has 1 saturated heterocycles. The van der Waals surface area contributed by atoms with Crippen molar-refractivity contribution in [1.29, 1.82) is 0 Å². The van der Waals surface area contributed by atoms with E-state index in [1.54, 1.807) is 6.26 Å². The third-order valence-electron chi connectivity index (χ3n) is 3.49. The van der Waals surface area contributed by atoms with Crippen LogP contribution < -0.4 is 5.73 Å². The van der Waals surface area contributed by atoms with Gasteiger partial charge >= 0.3 is 0 Å². The zero-order valence-electron chi connectivity index (χ0n) is 9.36. The first kappa shape index (κ1) is 10.7. The molecule has 1 aromatic rings. The lowest BCUT2D eigenvalue weighted by Gasteiger charge is -2.25. The van der Waals surface area contributed by atoms with Crippen molar-refractivity contribution >= 4 is 0 Å². The first-order valence-electron chi connectivity index (χ1n) is 5.81. The van der Waals surface area contributed by atoms with Gasteiger partial charge in [0.05, 0.1) is 18.6 Å². The van der Waals surface area contributed by atoms with Crippen LogP contribution in [0, 0.1) is 5.92 Å². The molecule has 2 unspecified atom stereocenters. The highest BCUT2D eigenvalue weighted by Crippen LogP contribution is 2.28. The van der Waals surface area contributed by atoms with E-state index in [9.17, 15) is 0 Å². The van der Waals surface area contributed by atoms with Gasteiger partial charge in [0.2, 0.25) is 0 Å². The molecule has 1 aromatic heterocycles. The third kappa shape index (κ3) is 2.24. The molecule has 1 aliphatic rings. The van der Waals surface area contributed by atoms with Crippen molar-refractivity contribution in [3.63, 3.8) is 0 Å². The fourth-order valence-corrected chi connectivity index (χ4v) is 2.44. The van der Waals surface area contributed by atoms with E-state index in [0.29, 0.717) is 12.6 Å². The molecular weight excluding hydrogens is 188 g/mol. The highest BCUT2D eigenvalue weighted by Gasteiger charge is 2.27. The Morgan fingerprint density at radius 3 is 3.07 bits per heavy atom. The van der Waals surface area contributed by atoms with E-state index in [-0.39, 0.29) is 0 Å². The average Bonchev–Trinajstić information content (AvgIpc) is 2.89. The van der Waals surface area contributed by atoms with E-state index in [2.05, 4.69) is 11.8 Å². The lowest BCUT2D eigenvalue weighted by molar-refractivity contribution is 0.240. The molecule has 84 valence electrons. The highest BCUT2D eigenvalue weighted by atomic mass is 16.3. The second-order valence-corrected chi connectivity index (χ2v) is 4.37. The summed E-state index contributed by atoms with van der Waals surface area (Å²) in [6, 6.07) is 2.37. The Morgan fingerprint density at radius 1 is 1.67 bits per heavy atom. The summed E-state index contributed by atoms with van der Waals surface area (Å²) in [4.78, 5) is 2.49. The molecule has 0 aromatic carbocycles. The lowest BCUT2D eigenvalue weighted by atomic mass is 10.1. The predicted octanol–water partition coefficient (Wildman–Crippen LogP) is 2.01. The topological polar surface area (TPSA) is 42.4 Å². The zero-order valence-corrected chi connectivity index (χ0v) is 9.36. The molecule has 1 fully saturated rings. The Hall–Kier alpha value is -0.800. The molecule has 1 aliphatic heterocycles. The van der Waals surface area contributed by atoms with Crippen LogP contribution in [0.5, 0.6) is 0 Å². The molecule has 0 saturated carbocycles. The van der Waals surface area contributed by atoms with Gasteiger partial charge in [-0.25, -0.2) is 0 Å². The first-order chi connectivity index (χ1) is 7.35. The highest BCUT2D eigenvalue weighted by molar-refractivity contribution is 5.12. The summed E-state index contributed by atoms with van der Waals surface area (Å²) in [5.74, 6) is 0.853. The molecule has 0 radical (unpaired) electrons. The molecule has 0 amide bonds. The molecule has 2 rings (SSSR count). The van der Waals surface area contributed by atoms with E-state index in [1.165, 1.54) is 31.5 Å². The fraction of sp³-hybridized carbons (Fsp3) is 0.667. The van der Waals surface area contributed by atoms with Gasteiger partial charge in [0.25, 0.3) is 0 Å². The molecule has 3 nitrogen and oxygen atoms in total. The quantitative estimate of drug-likeness (QED) is 0.823. The van der Waals surface area contributed by atoms with Gasteiger partial charge in [-0.15, -0.1) is 0 Å². The van der Waals surface area contributed by atoms with Gasteiger partial charge in [-0.3, -0.25) is 4.90 Å². The number of likely N-dealkylation sites (tertiary alicyclic amines) is 1. The maximum Gasteiger partial charge on any atom is 0.0950 e. The second kappa shape index (κ2) is 4.81. The van der Waals surface area contributed by atoms with E-state index >= 15 is 0 Å². The molecule has 0 bridgehead atoms. The monoisotopic (exact) mass is 208 g/mol. The summed E-state index contributed by atoms with van der Waals surface area (Å²) >= 11 is 0. The van der Waals surface area contributed by atoms with Crippen LogP contribution in [-0.2, 0) is 0 Å². The largest absolute Gasteiger partial charge is 0.472 e. The Labute approximate surface area is 91.2 Å². The molecule has 3 heteroatoms. The van der Waals surface area contributed by atoms with Crippen LogP contribution in [0.4, 0.5) is 0 Å². The maximum absolute atomic E-state index is 5.85. The van der Waals surface area contributed by atoms with Gasteiger partial charge in [0.15, 0.2) is 0 Å². The van der Waals surface area contributed by atoms with Gasteiger partial charge in [-0.2, -0.15) is 0 Å². The average molecular weight is 208 g/mol. The SMILES string of the molecule is CCC1CCN(C(CN)c2ccoc2)C1. The van der Waals surface area contributed by atoms with Crippen LogP contribution in [0.1, 0.15) is 31.4 Å². The van der Waals surface area contributed by atoms with E-state index in [4.69, 9.17) is 10.2 Å². The van der Waals surface area contributed by atoms with Gasteiger partial charge in [-0.1, -0.05) is 13.3 Å². The molecule has 2 heterocycles. The van der Waals surface area contributed by atoms with Gasteiger partial charge in [-0.05, 0) is 24.9 Å². The van der Waals surface area contributed by atoms with E-state index in [0.717, 1.165) is 5.92 Å². The van der Waals surface area contributed by atoms with E-state index in [1.807, 2.05) is 12.3 Å². The fourth-order valence-electron chi connectivity index (χ4n) is 2.44. The summed E-state index contributed by atoms with van der Waals surface area (Å²) in [6.45, 7) is 5.30.